The van der Waals surface area contributed by atoms with Crippen molar-refractivity contribution in [2.45, 2.75) is 0 Å². The number of hydrogen-bond donors (Lipinski definition) is 0. The predicted octanol–water partition coefficient (Wildman–Crippen LogP) is 15.3. The van der Waals surface area contributed by atoms with E-state index < -0.39 is 0 Å². The molecular weight excluding hydrogens is 663 g/mol. The Hall–Kier alpha value is -7.22. The summed E-state index contributed by atoms with van der Waals surface area (Å²) in [5.74, 6) is 0. The van der Waals surface area contributed by atoms with Crippen LogP contribution in [0.15, 0.2) is 224 Å². The fraction of sp³-hybridized carbons (Fsp3) is 0. The molecule has 0 heterocycles. The predicted molar refractivity (Wildman–Crippen MR) is 235 cm³/mol. The minimum absolute atomic E-state index is 1.10. The lowest BCUT2D eigenvalue weighted by molar-refractivity contribution is 1.29. The van der Waals surface area contributed by atoms with Crippen LogP contribution in [-0.2, 0) is 0 Å². The van der Waals surface area contributed by atoms with Crippen molar-refractivity contribution in [3.05, 3.63) is 224 Å². The van der Waals surface area contributed by atoms with Crippen molar-refractivity contribution in [2.24, 2.45) is 0 Å². The summed E-state index contributed by atoms with van der Waals surface area (Å²) in [6.07, 6.45) is 0. The van der Waals surface area contributed by atoms with Crippen LogP contribution in [0.3, 0.4) is 0 Å². The van der Waals surface area contributed by atoms with Gasteiger partial charge in [0.25, 0.3) is 0 Å². The summed E-state index contributed by atoms with van der Waals surface area (Å²) in [7, 11) is 0. The standard InChI is InChI=1S/C54H37N/c1-3-12-38(13-4-1)39-22-24-44(25-23-39)54-37-48(34-35-52(54)40-14-5-2-6-15-40)55(47-33-30-45-27-26-42-17-8-10-20-51(42)53(45)36-47)46-31-28-43(29-32-46)50-21-11-18-41-16-7-9-19-49(41)50/h1-37H. The van der Waals surface area contributed by atoms with E-state index in [0.717, 1.165) is 17.1 Å². The van der Waals surface area contributed by atoms with E-state index in [4.69, 9.17) is 0 Å². The highest BCUT2D eigenvalue weighted by Crippen LogP contribution is 2.43. The van der Waals surface area contributed by atoms with Crippen molar-refractivity contribution in [3.8, 4) is 44.5 Å². The molecule has 0 bridgehead atoms. The summed E-state index contributed by atoms with van der Waals surface area (Å²) in [6.45, 7) is 0. The number of fused-ring (bicyclic) bond motifs is 4. The molecule has 55 heavy (non-hydrogen) atoms. The van der Waals surface area contributed by atoms with Gasteiger partial charge in [-0.2, -0.15) is 0 Å². The molecule has 0 aliphatic carbocycles. The summed E-state index contributed by atoms with van der Waals surface area (Å²) < 4.78 is 0. The summed E-state index contributed by atoms with van der Waals surface area (Å²) >= 11 is 0. The lowest BCUT2D eigenvalue weighted by atomic mass is 9.92. The Morgan fingerprint density at radius 1 is 0.218 bits per heavy atom. The second-order valence-corrected chi connectivity index (χ2v) is 14.1. The highest BCUT2D eigenvalue weighted by Gasteiger charge is 2.18. The molecule has 258 valence electrons. The molecule has 0 unspecified atom stereocenters. The van der Waals surface area contributed by atoms with Crippen molar-refractivity contribution >= 4 is 49.4 Å². The SMILES string of the molecule is c1ccc(-c2ccc(-c3cc(N(c4ccc(-c5cccc6ccccc56)cc4)c4ccc5ccc6ccccc6c5c4)ccc3-c3ccccc3)cc2)cc1. The summed E-state index contributed by atoms with van der Waals surface area (Å²) in [5.41, 5.74) is 12.9. The average Bonchev–Trinajstić information content (AvgIpc) is 3.27. The first-order chi connectivity index (χ1) is 27.3. The first-order valence-electron chi connectivity index (χ1n) is 18.9. The molecule has 0 N–H and O–H groups in total. The zero-order valence-corrected chi connectivity index (χ0v) is 30.3. The largest absolute Gasteiger partial charge is 0.310 e. The van der Waals surface area contributed by atoms with Gasteiger partial charge in [-0.3, -0.25) is 0 Å². The lowest BCUT2D eigenvalue weighted by Crippen LogP contribution is -2.10. The zero-order chi connectivity index (χ0) is 36.6. The maximum Gasteiger partial charge on any atom is 0.0468 e. The maximum atomic E-state index is 2.41. The quantitative estimate of drug-likeness (QED) is 0.150. The second-order valence-electron chi connectivity index (χ2n) is 14.1. The van der Waals surface area contributed by atoms with E-state index in [1.165, 1.54) is 76.8 Å². The third-order valence-corrected chi connectivity index (χ3v) is 10.9. The van der Waals surface area contributed by atoms with Crippen LogP contribution in [0.25, 0.3) is 76.8 Å². The molecule has 0 amide bonds. The van der Waals surface area contributed by atoms with Crippen molar-refractivity contribution in [2.75, 3.05) is 4.90 Å². The molecule has 0 saturated heterocycles. The maximum absolute atomic E-state index is 2.41. The van der Waals surface area contributed by atoms with Crippen LogP contribution in [0, 0.1) is 0 Å². The minimum atomic E-state index is 1.10. The van der Waals surface area contributed by atoms with Crippen LogP contribution in [0.4, 0.5) is 17.1 Å². The Bertz CT molecular complexity index is 2940. The van der Waals surface area contributed by atoms with Crippen LogP contribution in [0.2, 0.25) is 0 Å². The van der Waals surface area contributed by atoms with Crippen LogP contribution < -0.4 is 4.90 Å². The highest BCUT2D eigenvalue weighted by molar-refractivity contribution is 6.09. The van der Waals surface area contributed by atoms with Crippen molar-refractivity contribution in [1.29, 1.82) is 0 Å². The molecule has 0 aliphatic heterocycles. The van der Waals surface area contributed by atoms with Crippen molar-refractivity contribution in [1.82, 2.24) is 0 Å². The van der Waals surface area contributed by atoms with Gasteiger partial charge < -0.3 is 4.90 Å². The molecular formula is C54H37N. The Labute approximate surface area is 322 Å². The summed E-state index contributed by atoms with van der Waals surface area (Å²) in [5, 5.41) is 7.48. The Morgan fingerprint density at radius 2 is 0.673 bits per heavy atom. The van der Waals surface area contributed by atoms with E-state index in [-0.39, 0.29) is 0 Å². The molecule has 0 spiro atoms. The number of nitrogens with zero attached hydrogens (tertiary/aromatic N) is 1. The van der Waals surface area contributed by atoms with E-state index in [1.807, 2.05) is 0 Å². The molecule has 10 rings (SSSR count). The van der Waals surface area contributed by atoms with Crippen LogP contribution in [-0.4, -0.2) is 0 Å². The third-order valence-electron chi connectivity index (χ3n) is 10.9. The van der Waals surface area contributed by atoms with E-state index in [0.29, 0.717) is 0 Å². The van der Waals surface area contributed by atoms with E-state index in [1.54, 1.807) is 0 Å². The first-order valence-corrected chi connectivity index (χ1v) is 18.9. The molecule has 10 aromatic carbocycles. The lowest BCUT2D eigenvalue weighted by Gasteiger charge is -2.27. The van der Waals surface area contributed by atoms with Crippen LogP contribution >= 0.6 is 0 Å². The van der Waals surface area contributed by atoms with Crippen molar-refractivity contribution < 1.29 is 0 Å². The normalized spacial score (nSPS) is 11.3. The first kappa shape index (κ1) is 32.4. The molecule has 10 aromatic rings. The van der Waals surface area contributed by atoms with Gasteiger partial charge in [0.15, 0.2) is 0 Å². The van der Waals surface area contributed by atoms with Crippen LogP contribution in [0.5, 0.6) is 0 Å². The van der Waals surface area contributed by atoms with E-state index in [9.17, 15) is 0 Å². The average molecular weight is 700 g/mol. The Kier molecular flexibility index (Phi) is 8.24. The molecule has 0 fully saturated rings. The number of benzene rings is 10. The molecule has 1 heteroatoms. The van der Waals surface area contributed by atoms with Gasteiger partial charge in [-0.25, -0.2) is 0 Å². The van der Waals surface area contributed by atoms with Gasteiger partial charge in [0.2, 0.25) is 0 Å². The van der Waals surface area contributed by atoms with Gasteiger partial charge in [-0.15, -0.1) is 0 Å². The second kappa shape index (κ2) is 14.0. The molecule has 0 aliphatic rings. The molecule has 1 nitrogen and oxygen atoms in total. The highest BCUT2D eigenvalue weighted by atomic mass is 15.1. The van der Waals surface area contributed by atoms with Crippen LogP contribution in [0.1, 0.15) is 0 Å². The van der Waals surface area contributed by atoms with Gasteiger partial charge >= 0.3 is 0 Å². The van der Waals surface area contributed by atoms with Gasteiger partial charge in [0.05, 0.1) is 0 Å². The molecule has 0 radical (unpaired) electrons. The fourth-order valence-electron chi connectivity index (χ4n) is 8.10. The van der Waals surface area contributed by atoms with Crippen molar-refractivity contribution in [3.63, 3.8) is 0 Å². The number of anilines is 3. The Morgan fingerprint density at radius 3 is 1.42 bits per heavy atom. The summed E-state index contributed by atoms with van der Waals surface area (Å²) in [6, 6.07) is 81.5. The monoisotopic (exact) mass is 699 g/mol. The van der Waals surface area contributed by atoms with E-state index >= 15 is 0 Å². The summed E-state index contributed by atoms with van der Waals surface area (Å²) in [4.78, 5) is 2.41. The number of rotatable bonds is 7. The Balaban J connectivity index is 1.15. The van der Waals surface area contributed by atoms with Gasteiger partial charge in [0, 0.05) is 17.1 Å². The van der Waals surface area contributed by atoms with Gasteiger partial charge in [0.1, 0.15) is 0 Å². The molecule has 0 aromatic heterocycles. The number of hydrogen-bond acceptors (Lipinski definition) is 1. The van der Waals surface area contributed by atoms with Gasteiger partial charge in [-0.05, 0) is 113 Å². The smallest absolute Gasteiger partial charge is 0.0468 e. The molecule has 0 atom stereocenters. The minimum Gasteiger partial charge on any atom is -0.310 e. The van der Waals surface area contributed by atoms with Gasteiger partial charge in [-0.1, -0.05) is 188 Å². The third kappa shape index (κ3) is 6.12. The molecule has 0 saturated carbocycles. The fourth-order valence-corrected chi connectivity index (χ4v) is 8.10. The van der Waals surface area contributed by atoms with E-state index in [2.05, 4.69) is 229 Å². The topological polar surface area (TPSA) is 3.24 Å². The zero-order valence-electron chi connectivity index (χ0n) is 30.3.